The van der Waals surface area contributed by atoms with Crippen molar-refractivity contribution in [3.8, 4) is 0 Å². The van der Waals surface area contributed by atoms with Crippen molar-refractivity contribution in [2.75, 3.05) is 12.3 Å². The molecule has 6 nitrogen and oxygen atoms in total. The van der Waals surface area contributed by atoms with E-state index in [4.69, 9.17) is 10.5 Å². The van der Waals surface area contributed by atoms with E-state index in [0.717, 1.165) is 48.9 Å². The molecule has 1 saturated heterocycles. The first-order valence-corrected chi connectivity index (χ1v) is 11.8. The number of hydrogen-bond acceptors (Lipinski definition) is 5. The summed E-state index contributed by atoms with van der Waals surface area (Å²) in [7, 11) is 0. The van der Waals surface area contributed by atoms with Crippen molar-refractivity contribution in [1.29, 1.82) is 0 Å². The van der Waals surface area contributed by atoms with E-state index in [0.29, 0.717) is 29.2 Å². The number of halogens is 3. The second kappa shape index (κ2) is 9.11. The molecule has 3 aromatic rings. The Morgan fingerprint density at radius 3 is 2.74 bits per heavy atom. The lowest BCUT2D eigenvalue weighted by atomic mass is 9.80. The normalized spacial score (nSPS) is 22.2. The average molecular weight is 485 g/mol. The van der Waals surface area contributed by atoms with Crippen LogP contribution in [-0.4, -0.2) is 39.5 Å². The van der Waals surface area contributed by atoms with Gasteiger partial charge in [0.25, 0.3) is 5.91 Å². The first-order valence-electron chi connectivity index (χ1n) is 11.8. The van der Waals surface area contributed by atoms with E-state index in [1.807, 2.05) is 13.0 Å². The van der Waals surface area contributed by atoms with Crippen LogP contribution in [0, 0.1) is 12.8 Å². The van der Waals surface area contributed by atoms with Crippen molar-refractivity contribution >= 4 is 22.6 Å². The van der Waals surface area contributed by atoms with E-state index in [-0.39, 0.29) is 30.5 Å². The van der Waals surface area contributed by atoms with E-state index in [2.05, 4.69) is 9.97 Å². The molecule has 5 rings (SSSR count). The lowest BCUT2D eigenvalue weighted by Gasteiger charge is -2.40. The van der Waals surface area contributed by atoms with Crippen LogP contribution in [0.3, 0.4) is 0 Å². The van der Waals surface area contributed by atoms with Gasteiger partial charge in [-0.25, -0.2) is 4.98 Å². The monoisotopic (exact) mass is 484 g/mol. The number of aryl methyl sites for hydroxylation is 1. The highest BCUT2D eigenvalue weighted by Crippen LogP contribution is 2.38. The van der Waals surface area contributed by atoms with E-state index in [1.54, 1.807) is 23.1 Å². The van der Waals surface area contributed by atoms with E-state index >= 15 is 0 Å². The molecule has 0 spiro atoms. The number of benzene rings is 1. The largest absolute Gasteiger partial charge is 0.417 e. The Hall–Kier alpha value is -3.20. The zero-order valence-corrected chi connectivity index (χ0v) is 19.4. The Morgan fingerprint density at radius 2 is 2.00 bits per heavy atom. The summed E-state index contributed by atoms with van der Waals surface area (Å²) in [4.78, 5) is 24.1. The predicted octanol–water partition coefficient (Wildman–Crippen LogP) is 5.14. The van der Waals surface area contributed by atoms with Crippen LogP contribution in [0.2, 0.25) is 0 Å². The van der Waals surface area contributed by atoms with Gasteiger partial charge in [0.2, 0.25) is 0 Å². The molecule has 0 unspecified atom stereocenters. The number of fused-ring (bicyclic) bond motifs is 2. The molecule has 1 aliphatic heterocycles. The van der Waals surface area contributed by atoms with E-state index in [9.17, 15) is 18.0 Å². The zero-order valence-electron chi connectivity index (χ0n) is 19.4. The van der Waals surface area contributed by atoms with Crippen LogP contribution in [0.1, 0.15) is 52.9 Å². The number of carbonyl (C=O) groups excluding carboxylic acids is 1. The standard InChI is InChI=1S/C26H27F3N4O2/c1-15-11-17-12-16(5-8-21(17)32-24(15)30)25(34)33(22-3-2-4-23-20(22)9-10-35-23)14-19-7-6-18(13-31-19)26(27,28)29/h5-8,11-13,20,22-23H,2-4,9-10,14H2,1H3,(H2,30,32)/t20-,22+,23-/m0/s1. The maximum Gasteiger partial charge on any atom is 0.417 e. The fraction of sp³-hybridized carbons (Fsp3) is 0.423. The van der Waals surface area contributed by atoms with Gasteiger partial charge in [0.1, 0.15) is 5.82 Å². The van der Waals surface area contributed by atoms with Crippen molar-refractivity contribution < 1.29 is 22.7 Å². The fourth-order valence-corrected chi connectivity index (χ4v) is 5.33. The number of nitrogen functional groups attached to an aromatic ring is 1. The number of amides is 1. The Labute approximate surface area is 201 Å². The summed E-state index contributed by atoms with van der Waals surface area (Å²) in [5.41, 5.74) is 7.55. The number of pyridine rings is 2. The Bertz CT molecular complexity index is 1250. The van der Waals surface area contributed by atoms with Gasteiger partial charge in [0, 0.05) is 35.7 Å². The van der Waals surface area contributed by atoms with Gasteiger partial charge in [-0.2, -0.15) is 13.2 Å². The summed E-state index contributed by atoms with van der Waals surface area (Å²) in [5, 5.41) is 0.806. The average Bonchev–Trinajstić information content (AvgIpc) is 3.32. The van der Waals surface area contributed by atoms with Crippen molar-refractivity contribution in [2.24, 2.45) is 5.92 Å². The molecular formula is C26H27F3N4O2. The molecule has 1 saturated carbocycles. The highest BCUT2D eigenvalue weighted by atomic mass is 19.4. The molecule has 1 amide bonds. The molecule has 3 heterocycles. The number of carbonyl (C=O) groups is 1. The summed E-state index contributed by atoms with van der Waals surface area (Å²) < 4.78 is 45.0. The maximum atomic E-state index is 13.9. The van der Waals surface area contributed by atoms with Gasteiger partial charge in [0.05, 0.1) is 29.4 Å². The lowest BCUT2D eigenvalue weighted by Crippen LogP contribution is -2.48. The molecule has 2 aromatic heterocycles. The second-order valence-electron chi connectivity index (χ2n) is 9.43. The molecular weight excluding hydrogens is 457 g/mol. The summed E-state index contributed by atoms with van der Waals surface area (Å²) in [6.07, 6.45) is 0.0482. The minimum Gasteiger partial charge on any atom is -0.383 e. The van der Waals surface area contributed by atoms with Crippen LogP contribution in [-0.2, 0) is 17.5 Å². The van der Waals surface area contributed by atoms with Crippen molar-refractivity contribution in [1.82, 2.24) is 14.9 Å². The van der Waals surface area contributed by atoms with E-state index < -0.39 is 11.7 Å². The number of rotatable bonds is 4. The molecule has 9 heteroatoms. The Kier molecular flexibility index (Phi) is 6.13. The number of hydrogen-bond donors (Lipinski definition) is 1. The van der Waals surface area contributed by atoms with Gasteiger partial charge in [-0.1, -0.05) is 0 Å². The molecule has 0 radical (unpaired) electrons. The van der Waals surface area contributed by atoms with Crippen LogP contribution in [0.15, 0.2) is 42.6 Å². The topological polar surface area (TPSA) is 81.3 Å². The van der Waals surface area contributed by atoms with Crippen molar-refractivity contribution in [3.63, 3.8) is 0 Å². The third kappa shape index (κ3) is 4.69. The summed E-state index contributed by atoms with van der Waals surface area (Å²) >= 11 is 0. The number of nitrogens with two attached hydrogens (primary N) is 1. The number of aromatic nitrogens is 2. The van der Waals surface area contributed by atoms with Crippen LogP contribution in [0.25, 0.3) is 10.9 Å². The molecule has 2 aliphatic rings. The van der Waals surface area contributed by atoms with Crippen LogP contribution in [0.5, 0.6) is 0 Å². The highest BCUT2D eigenvalue weighted by molar-refractivity contribution is 5.98. The Balaban J connectivity index is 1.49. The van der Waals surface area contributed by atoms with Gasteiger partial charge in [-0.3, -0.25) is 9.78 Å². The van der Waals surface area contributed by atoms with Gasteiger partial charge in [-0.05, 0) is 74.6 Å². The third-order valence-electron chi connectivity index (χ3n) is 7.18. The molecule has 184 valence electrons. The summed E-state index contributed by atoms with van der Waals surface area (Å²) in [6, 6.07) is 9.50. The maximum absolute atomic E-state index is 13.9. The van der Waals surface area contributed by atoms with Gasteiger partial charge in [0.15, 0.2) is 0 Å². The smallest absolute Gasteiger partial charge is 0.383 e. The van der Waals surface area contributed by atoms with Crippen molar-refractivity contribution in [2.45, 2.75) is 57.5 Å². The Morgan fingerprint density at radius 1 is 1.17 bits per heavy atom. The first-order chi connectivity index (χ1) is 16.7. The van der Waals surface area contributed by atoms with Crippen LogP contribution < -0.4 is 5.73 Å². The quantitative estimate of drug-likeness (QED) is 0.555. The van der Waals surface area contributed by atoms with Gasteiger partial charge >= 0.3 is 6.18 Å². The molecule has 35 heavy (non-hydrogen) atoms. The number of nitrogens with zero attached hydrogens (tertiary/aromatic N) is 3. The lowest BCUT2D eigenvalue weighted by molar-refractivity contribution is -0.137. The minimum absolute atomic E-state index is 0.0742. The summed E-state index contributed by atoms with van der Waals surface area (Å²) in [5.74, 6) is 0.466. The minimum atomic E-state index is -4.46. The molecule has 2 fully saturated rings. The van der Waals surface area contributed by atoms with Crippen LogP contribution >= 0.6 is 0 Å². The predicted molar refractivity (Wildman–Crippen MR) is 125 cm³/mol. The summed E-state index contributed by atoms with van der Waals surface area (Å²) in [6.45, 7) is 2.65. The number of alkyl halides is 3. The highest BCUT2D eigenvalue weighted by Gasteiger charge is 2.42. The SMILES string of the molecule is Cc1cc2cc(C(=O)N(Cc3ccc(C(F)(F)F)cn3)[C@@H]3CCC[C@@H]4OCC[C@H]43)ccc2nc1N. The zero-order chi connectivity index (χ0) is 24.7. The molecule has 0 bridgehead atoms. The van der Waals surface area contributed by atoms with Gasteiger partial charge < -0.3 is 15.4 Å². The van der Waals surface area contributed by atoms with Crippen molar-refractivity contribution in [3.05, 3.63) is 65.0 Å². The molecule has 2 N–H and O–H groups in total. The van der Waals surface area contributed by atoms with E-state index in [1.165, 1.54) is 6.07 Å². The first kappa shape index (κ1) is 23.5. The third-order valence-corrected chi connectivity index (χ3v) is 7.18. The molecule has 1 aliphatic carbocycles. The second-order valence-corrected chi connectivity index (χ2v) is 9.43. The molecule has 1 aromatic carbocycles. The van der Waals surface area contributed by atoms with Crippen LogP contribution in [0.4, 0.5) is 19.0 Å². The van der Waals surface area contributed by atoms with Gasteiger partial charge in [-0.15, -0.1) is 0 Å². The fourth-order valence-electron chi connectivity index (χ4n) is 5.33. The number of anilines is 1. The molecule has 3 atom stereocenters. The number of ether oxygens (including phenoxy) is 1.